The molecule has 0 atom stereocenters. The van der Waals surface area contributed by atoms with Crippen LogP contribution in [0.15, 0.2) is 42.2 Å². The van der Waals surface area contributed by atoms with E-state index in [1.807, 2.05) is 0 Å². The maximum absolute atomic E-state index is 12.2. The highest BCUT2D eigenvalue weighted by Gasteiger charge is 2.27. The number of aromatic carboxylic acids is 1. The zero-order valence-electron chi connectivity index (χ0n) is 11.0. The summed E-state index contributed by atoms with van der Waals surface area (Å²) >= 11 is 5.85. The number of phenols is 1. The van der Waals surface area contributed by atoms with Gasteiger partial charge in [0.25, 0.3) is 0 Å². The molecule has 0 spiro atoms. The second-order valence-electron chi connectivity index (χ2n) is 4.66. The summed E-state index contributed by atoms with van der Waals surface area (Å²) in [4.78, 5) is 23.2. The van der Waals surface area contributed by atoms with Crippen molar-refractivity contribution in [2.75, 3.05) is 0 Å². The Balaban J connectivity index is 2.00. The van der Waals surface area contributed by atoms with Crippen molar-refractivity contribution in [3.05, 3.63) is 63.9 Å². The summed E-state index contributed by atoms with van der Waals surface area (Å²) in [5.41, 5.74) is 0.536. The van der Waals surface area contributed by atoms with Crippen molar-refractivity contribution in [2.24, 2.45) is 0 Å². The summed E-state index contributed by atoms with van der Waals surface area (Å²) in [6.45, 7) is 0. The van der Waals surface area contributed by atoms with E-state index in [0.717, 1.165) is 0 Å². The summed E-state index contributed by atoms with van der Waals surface area (Å²) in [6, 6.07) is 8.72. The fourth-order valence-corrected chi connectivity index (χ4v) is 2.30. The Bertz CT molecular complexity index is 838. The smallest absolute Gasteiger partial charge is 0.339 e. The molecule has 2 N–H and O–H groups in total. The van der Waals surface area contributed by atoms with Crippen LogP contribution in [0.1, 0.15) is 26.3 Å². The summed E-state index contributed by atoms with van der Waals surface area (Å²) in [5, 5.41) is 18.9. The third-order valence-corrected chi connectivity index (χ3v) is 3.41. The predicted octanol–water partition coefficient (Wildman–Crippen LogP) is 3.36. The average molecular weight is 317 g/mol. The number of carboxylic acid groups (broad SMARTS) is 1. The molecule has 0 aromatic heterocycles. The minimum atomic E-state index is -1.26. The van der Waals surface area contributed by atoms with Crippen LogP contribution in [-0.4, -0.2) is 22.0 Å². The topological polar surface area (TPSA) is 83.8 Å². The maximum atomic E-state index is 12.2. The Morgan fingerprint density at radius 1 is 1.18 bits per heavy atom. The third kappa shape index (κ3) is 2.42. The first-order valence-electron chi connectivity index (χ1n) is 6.26. The van der Waals surface area contributed by atoms with Crippen molar-refractivity contribution in [3.8, 4) is 11.5 Å². The highest BCUT2D eigenvalue weighted by atomic mass is 35.5. The molecule has 1 heterocycles. The number of halogens is 1. The van der Waals surface area contributed by atoms with Crippen molar-refractivity contribution >= 4 is 29.4 Å². The number of carbonyl (C=O) groups excluding carboxylic acids is 1. The quantitative estimate of drug-likeness (QED) is 0.830. The summed E-state index contributed by atoms with van der Waals surface area (Å²) in [5.74, 6) is -1.46. The van der Waals surface area contributed by atoms with Crippen LogP contribution < -0.4 is 4.74 Å². The number of ketones is 1. The van der Waals surface area contributed by atoms with Gasteiger partial charge in [-0.15, -0.1) is 0 Å². The van der Waals surface area contributed by atoms with Crippen molar-refractivity contribution in [1.29, 1.82) is 0 Å². The Labute approximate surface area is 130 Å². The zero-order chi connectivity index (χ0) is 15.9. The molecule has 3 rings (SSSR count). The summed E-state index contributed by atoms with van der Waals surface area (Å²) in [6.07, 6.45) is 1.42. The number of ether oxygens (including phenoxy) is 1. The number of carboxylic acids is 1. The number of benzene rings is 2. The monoisotopic (exact) mass is 316 g/mol. The first-order chi connectivity index (χ1) is 10.5. The molecular formula is C16H9ClO5. The van der Waals surface area contributed by atoms with Crippen LogP contribution >= 0.6 is 11.6 Å². The lowest BCUT2D eigenvalue weighted by Crippen LogP contribution is -2.00. The molecule has 0 radical (unpaired) electrons. The van der Waals surface area contributed by atoms with E-state index in [-0.39, 0.29) is 22.9 Å². The zero-order valence-corrected chi connectivity index (χ0v) is 11.8. The molecule has 0 fully saturated rings. The van der Waals surface area contributed by atoms with Gasteiger partial charge in [-0.05, 0) is 42.0 Å². The van der Waals surface area contributed by atoms with Crippen molar-refractivity contribution < 1.29 is 24.5 Å². The average Bonchev–Trinajstić information content (AvgIpc) is 2.77. The van der Waals surface area contributed by atoms with Gasteiger partial charge in [-0.2, -0.15) is 0 Å². The lowest BCUT2D eigenvalue weighted by molar-refractivity contribution is 0.0693. The summed E-state index contributed by atoms with van der Waals surface area (Å²) < 4.78 is 5.45. The van der Waals surface area contributed by atoms with Gasteiger partial charge in [0, 0.05) is 5.02 Å². The fourth-order valence-electron chi connectivity index (χ4n) is 2.13. The van der Waals surface area contributed by atoms with E-state index in [1.54, 1.807) is 12.1 Å². The van der Waals surface area contributed by atoms with Crippen LogP contribution in [0.4, 0.5) is 0 Å². The molecule has 0 saturated heterocycles. The first-order valence-corrected chi connectivity index (χ1v) is 6.63. The lowest BCUT2D eigenvalue weighted by atomic mass is 10.1. The Morgan fingerprint density at radius 3 is 2.68 bits per heavy atom. The number of Topliss-reactive ketones (excluding diaryl/α,β-unsaturated/α-hetero) is 1. The minimum absolute atomic E-state index is 0.0688. The van der Waals surface area contributed by atoms with Crippen LogP contribution in [0.2, 0.25) is 5.02 Å². The second-order valence-corrected chi connectivity index (χ2v) is 5.10. The maximum Gasteiger partial charge on any atom is 0.339 e. The molecule has 1 aliphatic rings. The van der Waals surface area contributed by atoms with E-state index < -0.39 is 5.97 Å². The van der Waals surface area contributed by atoms with E-state index in [2.05, 4.69) is 0 Å². The molecule has 1 aliphatic heterocycles. The minimum Gasteiger partial charge on any atom is -0.507 e. The van der Waals surface area contributed by atoms with Gasteiger partial charge >= 0.3 is 5.97 Å². The van der Waals surface area contributed by atoms with Gasteiger partial charge in [0.2, 0.25) is 5.78 Å². The van der Waals surface area contributed by atoms with Gasteiger partial charge in [0.05, 0.1) is 5.56 Å². The van der Waals surface area contributed by atoms with Gasteiger partial charge in [0.1, 0.15) is 17.1 Å². The molecule has 0 saturated carbocycles. The molecule has 0 unspecified atom stereocenters. The number of fused-ring (bicyclic) bond motifs is 1. The molecular weight excluding hydrogens is 308 g/mol. The number of hydrogen-bond acceptors (Lipinski definition) is 4. The van der Waals surface area contributed by atoms with Crippen molar-refractivity contribution in [2.45, 2.75) is 0 Å². The Morgan fingerprint density at radius 2 is 1.95 bits per heavy atom. The van der Waals surface area contributed by atoms with Gasteiger partial charge in [-0.1, -0.05) is 17.7 Å². The van der Waals surface area contributed by atoms with Crippen LogP contribution in [0.5, 0.6) is 11.5 Å². The highest BCUT2D eigenvalue weighted by molar-refractivity contribution is 6.31. The molecule has 2 aromatic rings. The van der Waals surface area contributed by atoms with E-state index in [4.69, 9.17) is 21.4 Å². The van der Waals surface area contributed by atoms with Crippen LogP contribution in [0.3, 0.4) is 0 Å². The SMILES string of the molecule is O=C(O)c1cc(C=C2Oc3ccc(Cl)cc3C2=O)ccc1O. The van der Waals surface area contributed by atoms with E-state index in [1.165, 1.54) is 30.3 Å². The standard InChI is InChI=1S/C16H9ClO5/c17-9-2-4-13-11(7-9)15(19)14(22-13)6-8-1-3-12(18)10(5-8)16(20)21/h1-7,18H,(H,20,21). The molecule has 110 valence electrons. The van der Waals surface area contributed by atoms with Gasteiger partial charge < -0.3 is 14.9 Å². The molecule has 0 bridgehead atoms. The predicted molar refractivity (Wildman–Crippen MR) is 79.5 cm³/mol. The number of rotatable bonds is 2. The number of carbonyl (C=O) groups is 2. The van der Waals surface area contributed by atoms with Gasteiger partial charge in [-0.3, -0.25) is 4.79 Å². The highest BCUT2D eigenvalue weighted by Crippen LogP contribution is 2.34. The van der Waals surface area contributed by atoms with E-state index in [0.29, 0.717) is 21.9 Å². The van der Waals surface area contributed by atoms with E-state index >= 15 is 0 Å². The van der Waals surface area contributed by atoms with Crippen molar-refractivity contribution in [1.82, 2.24) is 0 Å². The molecule has 22 heavy (non-hydrogen) atoms. The van der Waals surface area contributed by atoms with Crippen LogP contribution in [-0.2, 0) is 0 Å². The fraction of sp³-hybridized carbons (Fsp3) is 0. The largest absolute Gasteiger partial charge is 0.507 e. The Kier molecular flexibility index (Phi) is 3.35. The molecule has 6 heteroatoms. The number of hydrogen-bond donors (Lipinski definition) is 2. The van der Waals surface area contributed by atoms with Crippen molar-refractivity contribution in [3.63, 3.8) is 0 Å². The van der Waals surface area contributed by atoms with Crippen LogP contribution in [0.25, 0.3) is 6.08 Å². The summed E-state index contributed by atoms with van der Waals surface area (Å²) in [7, 11) is 0. The molecule has 0 amide bonds. The van der Waals surface area contributed by atoms with E-state index in [9.17, 15) is 14.7 Å². The normalized spacial score (nSPS) is 14.8. The second kappa shape index (κ2) is 5.20. The molecule has 5 nitrogen and oxygen atoms in total. The Hall–Kier alpha value is -2.79. The lowest BCUT2D eigenvalue weighted by Gasteiger charge is -2.02. The van der Waals surface area contributed by atoms with Gasteiger partial charge in [-0.25, -0.2) is 4.79 Å². The first kappa shape index (κ1) is 14.2. The number of allylic oxidation sites excluding steroid dienone is 1. The molecule has 0 aliphatic carbocycles. The third-order valence-electron chi connectivity index (χ3n) is 3.18. The number of aromatic hydroxyl groups is 1. The molecule has 2 aromatic carbocycles. The van der Waals surface area contributed by atoms with Crippen LogP contribution in [0, 0.1) is 0 Å². The van der Waals surface area contributed by atoms with Gasteiger partial charge in [0.15, 0.2) is 5.76 Å².